The second kappa shape index (κ2) is 8.77. The lowest BCUT2D eigenvalue weighted by Gasteiger charge is -2.30. The van der Waals surface area contributed by atoms with E-state index in [1.54, 1.807) is 36.4 Å². The van der Waals surface area contributed by atoms with E-state index < -0.39 is 17.7 Å². The van der Waals surface area contributed by atoms with Crippen molar-refractivity contribution in [2.75, 3.05) is 30.0 Å². The highest BCUT2D eigenvalue weighted by molar-refractivity contribution is 6.52. The van der Waals surface area contributed by atoms with Gasteiger partial charge in [0.25, 0.3) is 5.78 Å². The molecule has 0 unspecified atom stereocenters. The summed E-state index contributed by atoms with van der Waals surface area (Å²) in [7, 11) is 0. The summed E-state index contributed by atoms with van der Waals surface area (Å²) >= 11 is 6.04. The summed E-state index contributed by atoms with van der Waals surface area (Å²) in [6, 6.07) is 11.3. The minimum Gasteiger partial charge on any atom is -0.306 e. The lowest BCUT2D eigenvalue weighted by molar-refractivity contribution is -0.114. The SMILES string of the molecule is O=C(N=Cc1ccccc1Cl)Nc1ccc2c(c1)C(=O)C(=O)N2CN1CCCCC1. The monoisotopic (exact) mass is 424 g/mol. The molecule has 2 aromatic carbocycles. The number of ketones is 1. The topological polar surface area (TPSA) is 82.1 Å². The van der Waals surface area contributed by atoms with Crippen LogP contribution in [0, 0.1) is 0 Å². The van der Waals surface area contributed by atoms with Crippen LogP contribution in [0.5, 0.6) is 0 Å². The lowest BCUT2D eigenvalue weighted by Crippen LogP contribution is -2.43. The van der Waals surface area contributed by atoms with Crippen LogP contribution >= 0.6 is 11.6 Å². The zero-order valence-corrected chi connectivity index (χ0v) is 17.1. The van der Waals surface area contributed by atoms with E-state index in [1.807, 2.05) is 0 Å². The number of carbonyl (C=O) groups excluding carboxylic acids is 3. The number of halogens is 1. The molecule has 8 heteroatoms. The van der Waals surface area contributed by atoms with Crippen molar-refractivity contribution >= 4 is 46.9 Å². The maximum Gasteiger partial charge on any atom is 0.345 e. The highest BCUT2D eigenvalue weighted by Crippen LogP contribution is 2.32. The van der Waals surface area contributed by atoms with Crippen molar-refractivity contribution in [2.45, 2.75) is 19.3 Å². The number of rotatable bonds is 4. The summed E-state index contributed by atoms with van der Waals surface area (Å²) in [6.45, 7) is 2.25. The molecule has 2 aliphatic heterocycles. The molecule has 0 radical (unpaired) electrons. The minimum atomic E-state index is -0.600. The Morgan fingerprint density at radius 2 is 1.87 bits per heavy atom. The highest BCUT2D eigenvalue weighted by Gasteiger charge is 2.37. The number of hydrogen-bond donors (Lipinski definition) is 1. The van der Waals surface area contributed by atoms with Crippen molar-refractivity contribution in [3.05, 3.63) is 58.6 Å². The van der Waals surface area contributed by atoms with Gasteiger partial charge in [0.05, 0.1) is 17.9 Å². The Hall–Kier alpha value is -3.03. The number of piperidine rings is 1. The van der Waals surface area contributed by atoms with Crippen LogP contribution in [-0.4, -0.2) is 48.6 Å². The number of amides is 3. The van der Waals surface area contributed by atoms with E-state index in [1.165, 1.54) is 23.6 Å². The van der Waals surface area contributed by atoms with Gasteiger partial charge >= 0.3 is 11.9 Å². The summed E-state index contributed by atoms with van der Waals surface area (Å²) in [5.41, 5.74) is 1.89. The normalized spacial score (nSPS) is 16.9. The van der Waals surface area contributed by atoms with Crippen LogP contribution in [0.15, 0.2) is 47.5 Å². The molecule has 2 heterocycles. The Balaban J connectivity index is 1.47. The summed E-state index contributed by atoms with van der Waals surface area (Å²) < 4.78 is 0. The van der Waals surface area contributed by atoms with Crippen molar-refractivity contribution in [2.24, 2.45) is 4.99 Å². The zero-order chi connectivity index (χ0) is 21.1. The van der Waals surface area contributed by atoms with Gasteiger partial charge in [0, 0.05) is 22.5 Å². The predicted octanol–water partition coefficient (Wildman–Crippen LogP) is 3.96. The molecule has 1 saturated heterocycles. The Bertz CT molecular complexity index is 1030. The number of nitrogens with zero attached hydrogens (tertiary/aromatic N) is 3. The molecule has 2 aromatic rings. The molecule has 0 atom stereocenters. The number of Topliss-reactive ketones (excluding diaryl/α,β-unsaturated/α-hetero) is 1. The minimum absolute atomic E-state index is 0.296. The molecule has 7 nitrogen and oxygen atoms in total. The molecule has 0 aliphatic carbocycles. The Labute approximate surface area is 179 Å². The average Bonchev–Trinajstić information content (AvgIpc) is 2.98. The first-order valence-electron chi connectivity index (χ1n) is 9.85. The van der Waals surface area contributed by atoms with Gasteiger partial charge in [-0.2, -0.15) is 0 Å². The predicted molar refractivity (Wildman–Crippen MR) is 117 cm³/mol. The number of aliphatic imine (C=N–C) groups is 1. The fourth-order valence-electron chi connectivity index (χ4n) is 3.68. The summed E-state index contributed by atoms with van der Waals surface area (Å²) in [5, 5.41) is 3.11. The van der Waals surface area contributed by atoms with Crippen molar-refractivity contribution in [1.82, 2.24) is 4.90 Å². The third kappa shape index (κ3) is 4.27. The van der Waals surface area contributed by atoms with Crippen LogP contribution in [0.1, 0.15) is 35.2 Å². The maximum absolute atomic E-state index is 12.5. The molecule has 154 valence electrons. The van der Waals surface area contributed by atoms with Crippen LogP contribution in [0.25, 0.3) is 0 Å². The Morgan fingerprint density at radius 3 is 2.63 bits per heavy atom. The largest absolute Gasteiger partial charge is 0.345 e. The molecule has 1 fully saturated rings. The quantitative estimate of drug-likeness (QED) is 0.594. The molecule has 0 saturated carbocycles. The number of urea groups is 1. The van der Waals surface area contributed by atoms with Gasteiger partial charge in [-0.15, -0.1) is 0 Å². The summed E-state index contributed by atoms with van der Waals surface area (Å²) in [6.07, 6.45) is 4.77. The van der Waals surface area contributed by atoms with E-state index in [0.717, 1.165) is 25.9 Å². The fourth-order valence-corrected chi connectivity index (χ4v) is 3.87. The first kappa shape index (κ1) is 20.3. The van der Waals surface area contributed by atoms with Crippen LogP contribution in [0.2, 0.25) is 5.02 Å². The molecule has 3 amide bonds. The van der Waals surface area contributed by atoms with Crippen LogP contribution in [-0.2, 0) is 4.79 Å². The van der Waals surface area contributed by atoms with Gasteiger partial charge in [-0.25, -0.2) is 9.79 Å². The standard InChI is InChI=1S/C22H21ClN4O3/c23-18-7-3-2-6-15(18)13-24-22(30)25-16-8-9-19-17(12-16)20(28)21(29)27(19)14-26-10-4-1-5-11-26/h2-3,6-9,12-13H,1,4-5,10-11,14H2,(H,25,30). The van der Waals surface area contributed by atoms with E-state index in [4.69, 9.17) is 11.6 Å². The zero-order valence-electron chi connectivity index (χ0n) is 16.3. The smallest absolute Gasteiger partial charge is 0.306 e. The number of hydrogen-bond acceptors (Lipinski definition) is 4. The third-order valence-corrected chi connectivity index (χ3v) is 5.58. The number of carbonyl (C=O) groups is 3. The molecule has 2 aliphatic rings. The number of fused-ring (bicyclic) bond motifs is 1. The molecular weight excluding hydrogens is 404 g/mol. The second-order valence-corrected chi connectivity index (χ2v) is 7.73. The second-order valence-electron chi connectivity index (χ2n) is 7.32. The lowest BCUT2D eigenvalue weighted by atomic mass is 10.1. The molecule has 4 rings (SSSR count). The van der Waals surface area contributed by atoms with E-state index in [-0.39, 0.29) is 0 Å². The van der Waals surface area contributed by atoms with E-state index in [0.29, 0.717) is 34.2 Å². The van der Waals surface area contributed by atoms with Gasteiger partial charge in [0.2, 0.25) is 0 Å². The molecule has 1 N–H and O–H groups in total. The van der Waals surface area contributed by atoms with E-state index >= 15 is 0 Å². The Morgan fingerprint density at radius 1 is 1.10 bits per heavy atom. The van der Waals surface area contributed by atoms with Crippen molar-refractivity contribution in [3.63, 3.8) is 0 Å². The van der Waals surface area contributed by atoms with Gasteiger partial charge < -0.3 is 5.32 Å². The number of anilines is 2. The number of benzene rings is 2. The van der Waals surface area contributed by atoms with Crippen molar-refractivity contribution in [3.8, 4) is 0 Å². The molecule has 0 spiro atoms. The number of likely N-dealkylation sites (tertiary alicyclic amines) is 1. The first-order valence-corrected chi connectivity index (χ1v) is 10.2. The van der Waals surface area contributed by atoms with Gasteiger partial charge in [-0.3, -0.25) is 19.4 Å². The van der Waals surface area contributed by atoms with Gasteiger partial charge in [0.15, 0.2) is 0 Å². The third-order valence-electron chi connectivity index (χ3n) is 5.24. The molecule has 0 aromatic heterocycles. The van der Waals surface area contributed by atoms with Crippen LogP contribution in [0.3, 0.4) is 0 Å². The summed E-state index contributed by atoms with van der Waals surface area (Å²) in [4.78, 5) is 44.6. The maximum atomic E-state index is 12.5. The van der Waals surface area contributed by atoms with Gasteiger partial charge in [-0.05, 0) is 50.2 Å². The fraction of sp³-hybridized carbons (Fsp3) is 0.273. The number of nitrogens with one attached hydrogen (secondary N) is 1. The van der Waals surface area contributed by atoms with Gasteiger partial charge in [-0.1, -0.05) is 36.2 Å². The van der Waals surface area contributed by atoms with Gasteiger partial charge in [0.1, 0.15) is 0 Å². The van der Waals surface area contributed by atoms with Crippen LogP contribution in [0.4, 0.5) is 16.2 Å². The van der Waals surface area contributed by atoms with E-state index in [2.05, 4.69) is 15.2 Å². The van der Waals surface area contributed by atoms with Crippen LogP contribution < -0.4 is 10.2 Å². The molecular formula is C22H21ClN4O3. The average molecular weight is 425 g/mol. The van der Waals surface area contributed by atoms with E-state index in [9.17, 15) is 14.4 Å². The first-order chi connectivity index (χ1) is 14.5. The molecule has 0 bridgehead atoms. The highest BCUT2D eigenvalue weighted by atomic mass is 35.5. The van der Waals surface area contributed by atoms with Crippen molar-refractivity contribution in [1.29, 1.82) is 0 Å². The molecule has 30 heavy (non-hydrogen) atoms. The van der Waals surface area contributed by atoms with Crippen molar-refractivity contribution < 1.29 is 14.4 Å². The summed E-state index contributed by atoms with van der Waals surface area (Å²) in [5.74, 6) is -1.09. The Kier molecular flexibility index (Phi) is 5.92.